The lowest BCUT2D eigenvalue weighted by Gasteiger charge is -2.20. The fraction of sp³-hybridized carbons (Fsp3) is 0.167. The third-order valence-corrected chi connectivity index (χ3v) is 5.70. The number of rotatable bonds is 4. The molecule has 2 heterocycles. The van der Waals surface area contributed by atoms with E-state index in [1.807, 2.05) is 50.2 Å². The van der Waals surface area contributed by atoms with Gasteiger partial charge in [0.25, 0.3) is 0 Å². The van der Waals surface area contributed by atoms with Crippen LogP contribution in [-0.2, 0) is 9.59 Å². The minimum Gasteiger partial charge on any atom is -0.325 e. The van der Waals surface area contributed by atoms with Crippen LogP contribution >= 0.6 is 15.9 Å². The molecule has 1 aliphatic heterocycles. The van der Waals surface area contributed by atoms with E-state index >= 15 is 0 Å². The van der Waals surface area contributed by atoms with Gasteiger partial charge >= 0.3 is 0 Å². The van der Waals surface area contributed by atoms with Crippen LogP contribution in [0.3, 0.4) is 0 Å². The van der Waals surface area contributed by atoms with Gasteiger partial charge in [-0.05, 0) is 73.0 Å². The first kappa shape index (κ1) is 20.9. The van der Waals surface area contributed by atoms with Gasteiger partial charge in [-0.2, -0.15) is 0 Å². The quantitative estimate of drug-likeness (QED) is 0.578. The number of amides is 2. The van der Waals surface area contributed by atoms with E-state index in [0.29, 0.717) is 22.9 Å². The van der Waals surface area contributed by atoms with Crippen molar-refractivity contribution in [1.82, 2.24) is 4.98 Å². The number of anilines is 2. The molecule has 1 aromatic heterocycles. The third-order valence-electron chi connectivity index (χ3n) is 5.17. The summed E-state index contributed by atoms with van der Waals surface area (Å²) in [7, 11) is 0. The van der Waals surface area contributed by atoms with E-state index in [9.17, 15) is 9.59 Å². The molecule has 0 spiro atoms. The van der Waals surface area contributed by atoms with Crippen molar-refractivity contribution in [3.05, 3.63) is 82.0 Å². The summed E-state index contributed by atoms with van der Waals surface area (Å²) in [5.41, 5.74) is 5.10. The van der Waals surface area contributed by atoms with Gasteiger partial charge in [0.15, 0.2) is 5.82 Å². The number of hydrogen-bond donors (Lipinski definition) is 1. The lowest BCUT2D eigenvalue weighted by atomic mass is 10.0. The van der Waals surface area contributed by atoms with Gasteiger partial charge in [-0.3, -0.25) is 14.5 Å². The normalized spacial score (nSPS) is 13.3. The molecule has 6 nitrogen and oxygen atoms in total. The van der Waals surface area contributed by atoms with E-state index in [1.165, 1.54) is 10.5 Å². The Balaban J connectivity index is 1.61. The molecular formula is C24H21BrN4O2. The second kappa shape index (κ2) is 8.81. The molecular weight excluding hydrogens is 456 g/mol. The maximum Gasteiger partial charge on any atom is 0.244 e. The fourth-order valence-electron chi connectivity index (χ4n) is 3.35. The smallest absolute Gasteiger partial charge is 0.244 e. The zero-order chi connectivity index (χ0) is 22.0. The van der Waals surface area contributed by atoms with E-state index in [1.54, 1.807) is 24.4 Å². The number of aliphatic imine (C=N–C) groups is 1. The van der Waals surface area contributed by atoms with Crippen molar-refractivity contribution < 1.29 is 9.59 Å². The van der Waals surface area contributed by atoms with Crippen LogP contribution in [0.1, 0.15) is 23.1 Å². The van der Waals surface area contributed by atoms with E-state index < -0.39 is 0 Å². The number of aryl methyl sites for hydroxylation is 2. The van der Waals surface area contributed by atoms with Gasteiger partial charge in [0.05, 0.1) is 12.1 Å². The molecule has 31 heavy (non-hydrogen) atoms. The molecule has 2 aromatic carbocycles. The number of carbonyl (C=O) groups excluding carboxylic acids is 2. The van der Waals surface area contributed by atoms with E-state index in [0.717, 1.165) is 15.6 Å². The fourth-order valence-corrected chi connectivity index (χ4v) is 3.62. The summed E-state index contributed by atoms with van der Waals surface area (Å²) in [6.45, 7) is 3.94. The largest absolute Gasteiger partial charge is 0.325 e. The van der Waals surface area contributed by atoms with E-state index in [-0.39, 0.29) is 24.8 Å². The van der Waals surface area contributed by atoms with Gasteiger partial charge in [0.2, 0.25) is 11.8 Å². The lowest BCUT2D eigenvalue weighted by molar-refractivity contribution is -0.120. The highest BCUT2D eigenvalue weighted by atomic mass is 79.9. The molecule has 0 aliphatic carbocycles. The van der Waals surface area contributed by atoms with Gasteiger partial charge in [-0.15, -0.1) is 0 Å². The van der Waals surface area contributed by atoms with Gasteiger partial charge < -0.3 is 5.32 Å². The SMILES string of the molecule is Cc1ccc(C2=Nc3cccnc3N(CC(=O)Nc3ccc(Br)cc3)C(=O)C2)cc1C. The maximum atomic E-state index is 13.2. The molecule has 0 fully saturated rings. The molecule has 3 aromatic rings. The average molecular weight is 477 g/mol. The topological polar surface area (TPSA) is 74.7 Å². The second-order valence-electron chi connectivity index (χ2n) is 7.42. The zero-order valence-corrected chi connectivity index (χ0v) is 18.8. The zero-order valence-electron chi connectivity index (χ0n) is 17.2. The van der Waals surface area contributed by atoms with Crippen molar-refractivity contribution in [1.29, 1.82) is 0 Å². The van der Waals surface area contributed by atoms with Gasteiger partial charge in [-0.1, -0.05) is 28.1 Å². The Labute approximate surface area is 189 Å². The number of aromatic nitrogens is 1. The molecule has 2 amide bonds. The molecule has 0 bridgehead atoms. The van der Waals surface area contributed by atoms with Crippen LogP contribution in [0, 0.1) is 13.8 Å². The van der Waals surface area contributed by atoms with Gasteiger partial charge in [0, 0.05) is 16.4 Å². The Hall–Kier alpha value is -3.32. The molecule has 0 saturated carbocycles. The highest BCUT2D eigenvalue weighted by Gasteiger charge is 2.27. The number of hydrogen-bond acceptors (Lipinski definition) is 4. The Morgan fingerprint density at radius 3 is 2.61 bits per heavy atom. The first-order chi connectivity index (χ1) is 14.9. The van der Waals surface area contributed by atoms with Crippen LogP contribution in [0.25, 0.3) is 0 Å². The lowest BCUT2D eigenvalue weighted by Crippen LogP contribution is -2.39. The predicted molar refractivity (Wildman–Crippen MR) is 126 cm³/mol. The van der Waals surface area contributed by atoms with Crippen LogP contribution in [0.5, 0.6) is 0 Å². The summed E-state index contributed by atoms with van der Waals surface area (Å²) in [5, 5.41) is 2.83. The molecule has 0 atom stereocenters. The first-order valence-corrected chi connectivity index (χ1v) is 10.7. The number of carbonyl (C=O) groups is 2. The molecule has 1 N–H and O–H groups in total. The third kappa shape index (κ3) is 4.72. The number of nitrogens with one attached hydrogen (secondary N) is 1. The molecule has 156 valence electrons. The Kier molecular flexibility index (Phi) is 5.95. The minimum atomic E-state index is -0.304. The van der Waals surface area contributed by atoms with Crippen molar-refractivity contribution in [2.45, 2.75) is 20.3 Å². The minimum absolute atomic E-state index is 0.0877. The first-order valence-electron chi connectivity index (χ1n) is 9.87. The van der Waals surface area contributed by atoms with Crippen molar-refractivity contribution in [2.24, 2.45) is 4.99 Å². The summed E-state index contributed by atoms with van der Waals surface area (Å²) in [6.07, 6.45) is 1.69. The van der Waals surface area contributed by atoms with Crippen LogP contribution < -0.4 is 10.2 Å². The number of fused-ring (bicyclic) bond motifs is 1. The van der Waals surface area contributed by atoms with Gasteiger partial charge in [0.1, 0.15) is 12.2 Å². The summed E-state index contributed by atoms with van der Waals surface area (Å²) in [5.74, 6) is -0.139. The number of nitrogens with zero attached hydrogens (tertiary/aromatic N) is 3. The Morgan fingerprint density at radius 2 is 1.87 bits per heavy atom. The Morgan fingerprint density at radius 1 is 1.10 bits per heavy atom. The van der Waals surface area contributed by atoms with Crippen molar-refractivity contribution in [3.63, 3.8) is 0 Å². The average Bonchev–Trinajstić information content (AvgIpc) is 2.88. The monoisotopic (exact) mass is 476 g/mol. The number of benzene rings is 2. The summed E-state index contributed by atoms with van der Waals surface area (Å²) >= 11 is 3.37. The molecule has 7 heteroatoms. The molecule has 1 aliphatic rings. The number of pyridine rings is 1. The van der Waals surface area contributed by atoms with Crippen LogP contribution in [0.2, 0.25) is 0 Å². The molecule has 0 radical (unpaired) electrons. The molecule has 0 unspecified atom stereocenters. The highest BCUT2D eigenvalue weighted by Crippen LogP contribution is 2.31. The van der Waals surface area contributed by atoms with Gasteiger partial charge in [-0.25, -0.2) is 9.98 Å². The highest BCUT2D eigenvalue weighted by molar-refractivity contribution is 9.10. The molecule has 0 saturated heterocycles. The van der Waals surface area contributed by atoms with Crippen molar-refractivity contribution >= 4 is 50.6 Å². The predicted octanol–water partition coefficient (Wildman–Crippen LogP) is 4.96. The van der Waals surface area contributed by atoms with E-state index in [2.05, 4.69) is 26.2 Å². The van der Waals surface area contributed by atoms with Crippen molar-refractivity contribution in [3.8, 4) is 0 Å². The number of halogens is 1. The maximum absolute atomic E-state index is 13.2. The Bertz CT molecular complexity index is 1190. The summed E-state index contributed by atoms with van der Waals surface area (Å²) in [6, 6.07) is 16.9. The summed E-state index contributed by atoms with van der Waals surface area (Å²) in [4.78, 5) is 36.3. The molecule has 4 rings (SSSR count). The second-order valence-corrected chi connectivity index (χ2v) is 8.33. The van der Waals surface area contributed by atoms with Crippen molar-refractivity contribution in [2.75, 3.05) is 16.8 Å². The standard InChI is InChI=1S/C24H21BrN4O2/c1-15-5-6-17(12-16(15)2)21-13-23(31)29(24-20(28-21)4-3-11-26-24)14-22(30)27-19-9-7-18(25)8-10-19/h3-12H,13-14H2,1-2H3,(H,27,30). The van der Waals surface area contributed by atoms with Crippen LogP contribution in [0.4, 0.5) is 17.2 Å². The van der Waals surface area contributed by atoms with Crippen LogP contribution in [-0.4, -0.2) is 29.1 Å². The van der Waals surface area contributed by atoms with Crippen LogP contribution in [0.15, 0.2) is 70.3 Å². The summed E-state index contributed by atoms with van der Waals surface area (Å²) < 4.78 is 0.919. The van der Waals surface area contributed by atoms with E-state index in [4.69, 9.17) is 4.99 Å².